The highest BCUT2D eigenvalue weighted by Gasteiger charge is 2.27. The zero-order valence-electron chi connectivity index (χ0n) is 13.2. The van der Waals surface area contributed by atoms with Gasteiger partial charge >= 0.3 is 0 Å². The fourth-order valence-corrected chi connectivity index (χ4v) is 4.33. The molecular formula is C19H18N2OS. The second kappa shape index (κ2) is 5.39. The molecule has 0 fully saturated rings. The molecule has 0 N–H and O–H groups in total. The van der Waals surface area contributed by atoms with Gasteiger partial charge in [0.15, 0.2) is 0 Å². The molecule has 0 aliphatic carbocycles. The summed E-state index contributed by atoms with van der Waals surface area (Å²) in [5.74, 6) is 0.0960. The quantitative estimate of drug-likeness (QED) is 0.688. The van der Waals surface area contributed by atoms with Crippen LogP contribution in [0.3, 0.4) is 0 Å². The molecule has 0 radical (unpaired) electrons. The number of thiophene rings is 1. The Labute approximate surface area is 139 Å². The lowest BCUT2D eigenvalue weighted by atomic mass is 10.2. The van der Waals surface area contributed by atoms with Gasteiger partial charge in [-0.3, -0.25) is 4.79 Å². The summed E-state index contributed by atoms with van der Waals surface area (Å²) in [6.45, 7) is 4.91. The minimum atomic E-state index is 0.0960. The lowest BCUT2D eigenvalue weighted by Crippen LogP contribution is -2.29. The van der Waals surface area contributed by atoms with E-state index < -0.39 is 0 Å². The second-order valence-electron chi connectivity index (χ2n) is 5.93. The van der Waals surface area contributed by atoms with Gasteiger partial charge in [-0.1, -0.05) is 18.2 Å². The number of para-hydroxylation sites is 1. The van der Waals surface area contributed by atoms with Crippen LogP contribution in [-0.4, -0.2) is 17.0 Å². The van der Waals surface area contributed by atoms with Crippen molar-refractivity contribution in [1.82, 2.24) is 4.57 Å². The lowest BCUT2D eigenvalue weighted by molar-refractivity contribution is 0.0990. The van der Waals surface area contributed by atoms with Crippen LogP contribution in [0.15, 0.2) is 47.8 Å². The molecule has 0 saturated heterocycles. The number of anilines is 1. The molecule has 116 valence electrons. The van der Waals surface area contributed by atoms with Gasteiger partial charge in [0, 0.05) is 23.6 Å². The van der Waals surface area contributed by atoms with E-state index in [2.05, 4.69) is 36.6 Å². The summed E-state index contributed by atoms with van der Waals surface area (Å²) in [5, 5.41) is 3.02. The molecule has 3 nitrogen and oxygen atoms in total. The van der Waals surface area contributed by atoms with Crippen molar-refractivity contribution in [2.75, 3.05) is 11.4 Å². The zero-order chi connectivity index (χ0) is 16.0. The van der Waals surface area contributed by atoms with Crippen molar-refractivity contribution in [2.24, 2.45) is 0 Å². The number of aryl methyl sites for hydroxylation is 2. The van der Waals surface area contributed by atoms with E-state index in [0.29, 0.717) is 0 Å². The summed E-state index contributed by atoms with van der Waals surface area (Å²) >= 11 is 1.62. The molecular weight excluding hydrogens is 304 g/mol. The number of fused-ring (bicyclic) bond motifs is 1. The predicted octanol–water partition coefficient (Wildman–Crippen LogP) is 4.36. The van der Waals surface area contributed by atoms with Gasteiger partial charge in [0.1, 0.15) is 5.00 Å². The molecule has 0 bridgehead atoms. The van der Waals surface area contributed by atoms with Crippen LogP contribution in [-0.2, 0) is 6.42 Å². The van der Waals surface area contributed by atoms with E-state index in [4.69, 9.17) is 0 Å². The number of hydrogen-bond acceptors (Lipinski definition) is 2. The van der Waals surface area contributed by atoms with Gasteiger partial charge < -0.3 is 9.47 Å². The number of carbonyl (C=O) groups is 1. The predicted molar refractivity (Wildman–Crippen MR) is 94.9 cm³/mol. The minimum absolute atomic E-state index is 0.0960. The van der Waals surface area contributed by atoms with Crippen molar-refractivity contribution < 1.29 is 4.79 Å². The Morgan fingerprint density at radius 2 is 1.78 bits per heavy atom. The van der Waals surface area contributed by atoms with Gasteiger partial charge in [-0.25, -0.2) is 0 Å². The SMILES string of the molecule is Cc1ccc(C)n1-c1sccc1C(=O)N1CCc2ccccc21. The van der Waals surface area contributed by atoms with Crippen LogP contribution in [0.5, 0.6) is 0 Å². The first kappa shape index (κ1) is 14.3. The molecule has 3 aromatic rings. The van der Waals surface area contributed by atoms with Crippen LogP contribution in [0.4, 0.5) is 5.69 Å². The average Bonchev–Trinajstić information content (AvgIpc) is 3.25. The third-order valence-corrected chi connectivity index (χ3v) is 5.38. The lowest BCUT2D eigenvalue weighted by Gasteiger charge is -2.18. The second-order valence-corrected chi connectivity index (χ2v) is 6.82. The number of rotatable bonds is 2. The first-order valence-corrected chi connectivity index (χ1v) is 8.67. The molecule has 1 amide bonds. The number of hydrogen-bond donors (Lipinski definition) is 0. The highest BCUT2D eigenvalue weighted by molar-refractivity contribution is 7.13. The van der Waals surface area contributed by atoms with Gasteiger partial charge in [-0.05, 0) is 55.5 Å². The maximum atomic E-state index is 13.1. The van der Waals surface area contributed by atoms with Crippen molar-refractivity contribution in [2.45, 2.75) is 20.3 Å². The van der Waals surface area contributed by atoms with E-state index in [-0.39, 0.29) is 5.91 Å². The average molecular weight is 322 g/mol. The maximum Gasteiger partial charge on any atom is 0.261 e. The van der Waals surface area contributed by atoms with E-state index >= 15 is 0 Å². The van der Waals surface area contributed by atoms with Crippen LogP contribution in [0.1, 0.15) is 27.3 Å². The summed E-state index contributed by atoms with van der Waals surface area (Å²) in [5.41, 5.74) is 5.40. The Hall–Kier alpha value is -2.33. The van der Waals surface area contributed by atoms with Crippen molar-refractivity contribution in [3.05, 3.63) is 70.4 Å². The smallest absolute Gasteiger partial charge is 0.261 e. The Morgan fingerprint density at radius 1 is 1.04 bits per heavy atom. The van der Waals surface area contributed by atoms with Crippen LogP contribution in [0, 0.1) is 13.8 Å². The van der Waals surface area contributed by atoms with Gasteiger partial charge in [0.2, 0.25) is 0 Å². The minimum Gasteiger partial charge on any atom is -0.309 e. The van der Waals surface area contributed by atoms with Crippen LogP contribution in [0.25, 0.3) is 5.00 Å². The molecule has 0 saturated carbocycles. The number of aromatic nitrogens is 1. The number of benzene rings is 1. The fraction of sp³-hybridized carbons (Fsp3) is 0.211. The highest BCUT2D eigenvalue weighted by Crippen LogP contribution is 2.32. The van der Waals surface area contributed by atoms with E-state index in [0.717, 1.165) is 40.6 Å². The van der Waals surface area contributed by atoms with E-state index in [1.54, 1.807) is 11.3 Å². The maximum absolute atomic E-state index is 13.1. The normalized spacial score (nSPS) is 13.4. The Morgan fingerprint density at radius 3 is 2.57 bits per heavy atom. The molecule has 1 aromatic carbocycles. The van der Waals surface area contributed by atoms with Crippen molar-refractivity contribution in [1.29, 1.82) is 0 Å². The standard InChI is InChI=1S/C19H18N2OS/c1-13-7-8-14(2)21(13)19-16(10-12-23-19)18(22)20-11-9-15-5-3-4-6-17(15)20/h3-8,10,12H,9,11H2,1-2H3. The van der Waals surface area contributed by atoms with Crippen LogP contribution < -0.4 is 4.90 Å². The monoisotopic (exact) mass is 322 g/mol. The first-order chi connectivity index (χ1) is 11.2. The van der Waals surface area contributed by atoms with E-state index in [1.165, 1.54) is 5.56 Å². The Balaban J connectivity index is 1.76. The van der Waals surface area contributed by atoms with E-state index in [9.17, 15) is 4.79 Å². The molecule has 4 heteroatoms. The number of nitrogens with zero attached hydrogens (tertiary/aromatic N) is 2. The van der Waals surface area contributed by atoms with Crippen molar-refractivity contribution in [3.63, 3.8) is 0 Å². The molecule has 1 aliphatic rings. The summed E-state index contributed by atoms with van der Waals surface area (Å²) < 4.78 is 2.17. The van der Waals surface area contributed by atoms with E-state index in [1.807, 2.05) is 34.5 Å². The molecule has 0 spiro atoms. The third-order valence-electron chi connectivity index (χ3n) is 4.48. The van der Waals surface area contributed by atoms with Gasteiger partial charge in [-0.15, -0.1) is 11.3 Å². The fourth-order valence-electron chi connectivity index (χ4n) is 3.32. The Kier molecular flexibility index (Phi) is 3.34. The molecule has 0 unspecified atom stereocenters. The molecule has 0 atom stereocenters. The summed E-state index contributed by atoms with van der Waals surface area (Å²) in [7, 11) is 0. The summed E-state index contributed by atoms with van der Waals surface area (Å²) in [4.78, 5) is 15.0. The topological polar surface area (TPSA) is 25.2 Å². The molecule has 23 heavy (non-hydrogen) atoms. The summed E-state index contributed by atoms with van der Waals surface area (Å²) in [6, 6.07) is 14.3. The number of carbonyl (C=O) groups excluding carboxylic acids is 1. The number of amides is 1. The van der Waals surface area contributed by atoms with Crippen molar-refractivity contribution in [3.8, 4) is 5.00 Å². The largest absolute Gasteiger partial charge is 0.309 e. The van der Waals surface area contributed by atoms with Gasteiger partial charge in [0.25, 0.3) is 5.91 Å². The van der Waals surface area contributed by atoms with Gasteiger partial charge in [0.05, 0.1) is 5.56 Å². The van der Waals surface area contributed by atoms with Crippen molar-refractivity contribution >= 4 is 22.9 Å². The summed E-state index contributed by atoms with van der Waals surface area (Å²) in [6.07, 6.45) is 0.933. The third kappa shape index (κ3) is 2.21. The van der Waals surface area contributed by atoms with Gasteiger partial charge in [-0.2, -0.15) is 0 Å². The zero-order valence-corrected chi connectivity index (χ0v) is 14.1. The molecule has 1 aliphatic heterocycles. The van der Waals surface area contributed by atoms with Crippen LogP contribution >= 0.6 is 11.3 Å². The highest BCUT2D eigenvalue weighted by atomic mass is 32.1. The molecule has 4 rings (SSSR count). The Bertz CT molecular complexity index is 871. The van der Waals surface area contributed by atoms with Crippen LogP contribution in [0.2, 0.25) is 0 Å². The molecule has 2 aromatic heterocycles. The first-order valence-electron chi connectivity index (χ1n) is 7.79. The molecule has 3 heterocycles.